The zero-order valence-electron chi connectivity index (χ0n) is 20.4. The van der Waals surface area contributed by atoms with Crippen molar-refractivity contribution in [2.24, 2.45) is 0 Å². The zero-order chi connectivity index (χ0) is 24.5. The number of aromatic nitrogens is 2. The van der Waals surface area contributed by atoms with Crippen LogP contribution in [0.25, 0.3) is 0 Å². The highest BCUT2D eigenvalue weighted by molar-refractivity contribution is 7.98. The van der Waals surface area contributed by atoms with Gasteiger partial charge in [0.2, 0.25) is 0 Å². The lowest BCUT2D eigenvalue weighted by Gasteiger charge is -2.34. The second kappa shape index (κ2) is 12.7. The Kier molecular flexibility index (Phi) is 9.11. The number of piperazine rings is 1. The van der Waals surface area contributed by atoms with Crippen molar-refractivity contribution < 1.29 is 9.53 Å². The number of amides is 1. The van der Waals surface area contributed by atoms with Crippen LogP contribution in [0.2, 0.25) is 0 Å². The average Bonchev–Trinajstić information content (AvgIpc) is 2.91. The van der Waals surface area contributed by atoms with Gasteiger partial charge in [-0.3, -0.25) is 4.79 Å². The molecule has 1 aliphatic heterocycles. The number of carbonyl (C=O) groups excluding carboxylic acids is 1. The molecule has 0 unspecified atom stereocenters. The molecule has 2 aromatic carbocycles. The molecule has 1 N–H and O–H groups in total. The number of hydrogen-bond donors (Lipinski definition) is 1. The molecule has 0 saturated carbocycles. The molecule has 0 spiro atoms. The molecule has 3 aromatic rings. The van der Waals surface area contributed by atoms with E-state index in [0.717, 1.165) is 66.3 Å². The van der Waals surface area contributed by atoms with Gasteiger partial charge in [0.15, 0.2) is 5.16 Å². The first-order chi connectivity index (χ1) is 17.1. The second-order valence-electron chi connectivity index (χ2n) is 8.51. The van der Waals surface area contributed by atoms with Crippen LogP contribution in [0.15, 0.2) is 65.8 Å². The molecule has 0 bridgehead atoms. The quantitative estimate of drug-likeness (QED) is 0.340. The van der Waals surface area contributed by atoms with Gasteiger partial charge in [-0.05, 0) is 29.8 Å². The number of hydrogen-bond acceptors (Lipinski definition) is 7. The van der Waals surface area contributed by atoms with E-state index in [-0.39, 0.29) is 5.91 Å². The van der Waals surface area contributed by atoms with Crippen LogP contribution in [0.4, 0.5) is 5.82 Å². The molecular weight excluding hydrogens is 458 g/mol. The SMILES string of the molecule is CCN1CCN(c2cc(COC)nc(SCc3ccc(C(=O)NCc4ccccc4)cc3)n2)CC1. The van der Waals surface area contributed by atoms with Crippen molar-refractivity contribution in [2.45, 2.75) is 31.0 Å². The number of thioether (sulfide) groups is 1. The summed E-state index contributed by atoms with van der Waals surface area (Å²) in [6.07, 6.45) is 0. The molecule has 35 heavy (non-hydrogen) atoms. The normalized spacial score (nSPS) is 14.2. The minimum atomic E-state index is -0.0727. The highest BCUT2D eigenvalue weighted by Gasteiger charge is 2.18. The van der Waals surface area contributed by atoms with E-state index in [4.69, 9.17) is 9.72 Å². The predicted molar refractivity (Wildman–Crippen MR) is 141 cm³/mol. The molecule has 0 atom stereocenters. The van der Waals surface area contributed by atoms with E-state index < -0.39 is 0 Å². The van der Waals surface area contributed by atoms with E-state index in [1.165, 1.54) is 0 Å². The molecule has 7 nitrogen and oxygen atoms in total. The van der Waals surface area contributed by atoms with E-state index in [1.807, 2.05) is 60.7 Å². The largest absolute Gasteiger partial charge is 0.378 e. The average molecular weight is 492 g/mol. The van der Waals surface area contributed by atoms with Crippen molar-refractivity contribution in [3.8, 4) is 0 Å². The summed E-state index contributed by atoms with van der Waals surface area (Å²) in [5, 5.41) is 3.72. The number of rotatable bonds is 10. The maximum atomic E-state index is 12.5. The Morgan fingerprint density at radius 3 is 2.43 bits per heavy atom. The molecule has 0 radical (unpaired) electrons. The summed E-state index contributed by atoms with van der Waals surface area (Å²) in [6.45, 7) is 8.30. The number of carbonyl (C=O) groups is 1. The number of benzene rings is 2. The molecule has 0 aliphatic carbocycles. The Balaban J connectivity index is 1.35. The summed E-state index contributed by atoms with van der Waals surface area (Å²) in [5.41, 5.74) is 3.74. The summed E-state index contributed by atoms with van der Waals surface area (Å²) in [7, 11) is 1.69. The molecule has 1 aromatic heterocycles. The maximum Gasteiger partial charge on any atom is 0.251 e. The van der Waals surface area contributed by atoms with E-state index >= 15 is 0 Å². The molecule has 4 rings (SSSR count). The standard InChI is InChI=1S/C27H33N5O2S/c1-3-31-13-15-32(16-14-31)25-17-24(19-34-2)29-27(30-25)35-20-22-9-11-23(12-10-22)26(33)28-18-21-7-5-4-6-8-21/h4-12,17H,3,13-16,18-20H2,1-2H3,(H,28,33). The molecule has 2 heterocycles. The smallest absolute Gasteiger partial charge is 0.251 e. The number of likely N-dealkylation sites (N-methyl/N-ethyl adjacent to an activating group) is 1. The van der Waals surface area contributed by atoms with Gasteiger partial charge >= 0.3 is 0 Å². The predicted octanol–water partition coefficient (Wildman–Crippen LogP) is 3.99. The van der Waals surface area contributed by atoms with Gasteiger partial charge in [-0.2, -0.15) is 0 Å². The minimum Gasteiger partial charge on any atom is -0.378 e. The first-order valence-electron chi connectivity index (χ1n) is 12.0. The van der Waals surface area contributed by atoms with E-state index in [0.29, 0.717) is 18.7 Å². The van der Waals surface area contributed by atoms with Gasteiger partial charge in [-0.15, -0.1) is 0 Å². The third-order valence-electron chi connectivity index (χ3n) is 6.06. The molecule has 1 saturated heterocycles. The zero-order valence-corrected chi connectivity index (χ0v) is 21.3. The Bertz CT molecular complexity index is 1090. The lowest BCUT2D eigenvalue weighted by Crippen LogP contribution is -2.46. The minimum absolute atomic E-state index is 0.0727. The first kappa shape index (κ1) is 25.2. The third-order valence-corrected chi connectivity index (χ3v) is 6.98. The van der Waals surface area contributed by atoms with Crippen molar-refractivity contribution >= 4 is 23.5 Å². The second-order valence-corrected chi connectivity index (χ2v) is 9.45. The van der Waals surface area contributed by atoms with Crippen LogP contribution >= 0.6 is 11.8 Å². The van der Waals surface area contributed by atoms with Crippen molar-refractivity contribution in [3.63, 3.8) is 0 Å². The number of methoxy groups -OCH3 is 1. The van der Waals surface area contributed by atoms with Crippen molar-refractivity contribution in [3.05, 3.63) is 83.0 Å². The molecule has 1 aliphatic rings. The summed E-state index contributed by atoms with van der Waals surface area (Å²) < 4.78 is 5.34. The number of ether oxygens (including phenoxy) is 1. The van der Waals surface area contributed by atoms with Crippen molar-refractivity contribution in [2.75, 3.05) is 44.7 Å². The molecule has 8 heteroatoms. The van der Waals surface area contributed by atoms with Crippen LogP contribution in [0.1, 0.15) is 34.1 Å². The fraction of sp³-hybridized carbons (Fsp3) is 0.370. The van der Waals surface area contributed by atoms with Gasteiger partial charge in [0.05, 0.1) is 12.3 Å². The Labute approximate surface area is 211 Å². The lowest BCUT2D eigenvalue weighted by molar-refractivity contribution is 0.0951. The third kappa shape index (κ3) is 7.27. The number of nitrogens with one attached hydrogen (secondary N) is 1. The monoisotopic (exact) mass is 491 g/mol. The van der Waals surface area contributed by atoms with Crippen LogP contribution < -0.4 is 10.2 Å². The highest BCUT2D eigenvalue weighted by Crippen LogP contribution is 2.24. The van der Waals surface area contributed by atoms with E-state index in [9.17, 15) is 4.79 Å². The van der Waals surface area contributed by atoms with Gasteiger partial charge in [-0.25, -0.2) is 9.97 Å². The van der Waals surface area contributed by atoms with Gasteiger partial charge in [0.25, 0.3) is 5.91 Å². The fourth-order valence-corrected chi connectivity index (χ4v) is 4.81. The Morgan fingerprint density at radius 1 is 1.00 bits per heavy atom. The molecule has 1 fully saturated rings. The van der Waals surface area contributed by atoms with E-state index in [1.54, 1.807) is 18.9 Å². The first-order valence-corrected chi connectivity index (χ1v) is 13.0. The van der Waals surface area contributed by atoms with Gasteiger partial charge in [0, 0.05) is 57.2 Å². The van der Waals surface area contributed by atoms with Crippen molar-refractivity contribution in [1.82, 2.24) is 20.2 Å². The van der Waals surface area contributed by atoms with Gasteiger partial charge in [0.1, 0.15) is 5.82 Å². The summed E-state index contributed by atoms with van der Waals surface area (Å²) in [5.74, 6) is 1.62. The Hall–Kier alpha value is -2.94. The summed E-state index contributed by atoms with van der Waals surface area (Å²) in [6, 6.07) is 19.7. The summed E-state index contributed by atoms with van der Waals surface area (Å²) in [4.78, 5) is 26.8. The number of nitrogens with zero attached hydrogens (tertiary/aromatic N) is 4. The van der Waals surface area contributed by atoms with Crippen molar-refractivity contribution in [1.29, 1.82) is 0 Å². The van der Waals surface area contributed by atoms with Crippen LogP contribution in [0.5, 0.6) is 0 Å². The van der Waals surface area contributed by atoms with Crippen LogP contribution in [-0.4, -0.2) is 60.6 Å². The molecule has 184 valence electrons. The highest BCUT2D eigenvalue weighted by atomic mass is 32.2. The van der Waals surface area contributed by atoms with E-state index in [2.05, 4.69) is 27.0 Å². The number of anilines is 1. The topological polar surface area (TPSA) is 70.6 Å². The van der Waals surface area contributed by atoms with Crippen LogP contribution in [0.3, 0.4) is 0 Å². The molecular formula is C27H33N5O2S. The van der Waals surface area contributed by atoms with Crippen LogP contribution in [-0.2, 0) is 23.6 Å². The van der Waals surface area contributed by atoms with Crippen LogP contribution in [0, 0.1) is 0 Å². The van der Waals surface area contributed by atoms with Gasteiger partial charge in [-0.1, -0.05) is 61.2 Å². The molecule has 1 amide bonds. The van der Waals surface area contributed by atoms with Gasteiger partial charge < -0.3 is 19.9 Å². The maximum absolute atomic E-state index is 12.5. The fourth-order valence-electron chi connectivity index (χ4n) is 3.98. The Morgan fingerprint density at radius 2 is 1.74 bits per heavy atom. The summed E-state index contributed by atoms with van der Waals surface area (Å²) >= 11 is 1.60. The lowest BCUT2D eigenvalue weighted by atomic mass is 10.1.